The van der Waals surface area contributed by atoms with E-state index in [-0.39, 0.29) is 12.4 Å². The van der Waals surface area contributed by atoms with E-state index in [4.69, 9.17) is 0 Å². The summed E-state index contributed by atoms with van der Waals surface area (Å²) in [5, 5.41) is 16.3. The number of hydrogen-bond acceptors (Lipinski definition) is 6. The topological polar surface area (TPSA) is 58.9 Å². The maximum Gasteiger partial charge on any atom is 0.214 e. The lowest BCUT2D eigenvalue weighted by Gasteiger charge is -2.12. The molecule has 0 fully saturated rings. The summed E-state index contributed by atoms with van der Waals surface area (Å²) >= 11 is 1.68. The number of para-hydroxylation sites is 1. The van der Waals surface area contributed by atoms with E-state index in [9.17, 15) is 0 Å². The van der Waals surface area contributed by atoms with Gasteiger partial charge < -0.3 is 10.2 Å². The number of nitrogens with one attached hydrogen (secondary N) is 1. The minimum Gasteiger partial charge on any atom is -0.378 e. The minimum atomic E-state index is 0. The Morgan fingerprint density at radius 3 is 2.48 bits per heavy atom. The second kappa shape index (κ2) is 10.9. The third-order valence-electron chi connectivity index (χ3n) is 3.95. The zero-order valence-corrected chi connectivity index (χ0v) is 17.2. The highest BCUT2D eigenvalue weighted by Gasteiger charge is 2.07. The van der Waals surface area contributed by atoms with E-state index in [1.165, 1.54) is 11.3 Å². The van der Waals surface area contributed by atoms with Crippen molar-refractivity contribution in [2.75, 3.05) is 31.3 Å². The van der Waals surface area contributed by atoms with Gasteiger partial charge in [0.25, 0.3) is 0 Å². The predicted octanol–water partition coefficient (Wildman–Crippen LogP) is 3.42. The van der Waals surface area contributed by atoms with Crippen LogP contribution in [0.3, 0.4) is 0 Å². The fourth-order valence-electron chi connectivity index (χ4n) is 2.51. The lowest BCUT2D eigenvalue weighted by molar-refractivity contribution is 0.678. The van der Waals surface area contributed by atoms with Gasteiger partial charge in [-0.15, -0.1) is 17.5 Å². The molecule has 0 aliphatic rings. The summed E-state index contributed by atoms with van der Waals surface area (Å²) in [6, 6.07) is 18.6. The van der Waals surface area contributed by atoms with Gasteiger partial charge in [0.15, 0.2) is 0 Å². The van der Waals surface area contributed by atoms with Crippen molar-refractivity contribution >= 4 is 29.9 Å². The summed E-state index contributed by atoms with van der Waals surface area (Å²) in [4.78, 5) is 2.11. The predicted molar refractivity (Wildman–Crippen MR) is 114 cm³/mol. The molecule has 1 N–H and O–H groups in total. The van der Waals surface area contributed by atoms with Crippen LogP contribution in [-0.2, 0) is 6.54 Å². The van der Waals surface area contributed by atoms with Crippen molar-refractivity contribution in [3.63, 3.8) is 0 Å². The summed E-state index contributed by atoms with van der Waals surface area (Å²) in [5.41, 5.74) is 3.51. The van der Waals surface area contributed by atoms with Crippen LogP contribution >= 0.6 is 24.2 Å². The Morgan fingerprint density at radius 1 is 1.04 bits per heavy atom. The first-order valence-corrected chi connectivity index (χ1v) is 9.66. The average Bonchev–Trinajstić information content (AvgIpc) is 3.14. The van der Waals surface area contributed by atoms with Crippen LogP contribution in [0.1, 0.15) is 12.0 Å². The van der Waals surface area contributed by atoms with Crippen molar-refractivity contribution in [3.05, 3.63) is 60.2 Å². The van der Waals surface area contributed by atoms with Crippen molar-refractivity contribution in [3.8, 4) is 5.69 Å². The molecule has 6 nitrogen and oxygen atoms in total. The molecule has 0 spiro atoms. The highest BCUT2D eigenvalue weighted by Crippen LogP contribution is 2.18. The molecule has 0 saturated heterocycles. The van der Waals surface area contributed by atoms with Gasteiger partial charge in [-0.3, -0.25) is 0 Å². The van der Waals surface area contributed by atoms with Gasteiger partial charge in [-0.05, 0) is 53.2 Å². The molecule has 0 aliphatic carbocycles. The van der Waals surface area contributed by atoms with E-state index < -0.39 is 0 Å². The van der Waals surface area contributed by atoms with Crippen LogP contribution in [0.2, 0.25) is 0 Å². The molecule has 3 rings (SSSR count). The molecule has 0 saturated carbocycles. The molecule has 3 aromatic rings. The maximum atomic E-state index is 4.12. The van der Waals surface area contributed by atoms with E-state index >= 15 is 0 Å². The first-order chi connectivity index (χ1) is 12.7. The van der Waals surface area contributed by atoms with Gasteiger partial charge in [-0.1, -0.05) is 42.1 Å². The van der Waals surface area contributed by atoms with Gasteiger partial charge in [-0.25, -0.2) is 0 Å². The lowest BCUT2D eigenvalue weighted by atomic mass is 10.2. The maximum absolute atomic E-state index is 4.12. The third-order valence-corrected chi connectivity index (χ3v) is 4.96. The Kier molecular flexibility index (Phi) is 8.57. The summed E-state index contributed by atoms with van der Waals surface area (Å²) in [6.07, 6.45) is 1.06. The third kappa shape index (κ3) is 6.23. The van der Waals surface area contributed by atoms with E-state index in [2.05, 4.69) is 64.1 Å². The first-order valence-electron chi connectivity index (χ1n) is 8.67. The van der Waals surface area contributed by atoms with Gasteiger partial charge in [0.05, 0.1) is 5.69 Å². The SMILES string of the molecule is CN(C)c1ccc(CNCCCSc2nnnn2-c2ccccc2)cc1.Cl. The fraction of sp³-hybridized carbons (Fsp3) is 0.316. The van der Waals surface area contributed by atoms with Gasteiger partial charge >= 0.3 is 0 Å². The van der Waals surface area contributed by atoms with Crippen molar-refractivity contribution in [1.82, 2.24) is 25.5 Å². The Balaban J connectivity index is 0.00000261. The molecule has 0 radical (unpaired) electrons. The Hall–Kier alpha value is -2.09. The van der Waals surface area contributed by atoms with E-state index in [1.807, 2.05) is 30.3 Å². The average molecular weight is 405 g/mol. The van der Waals surface area contributed by atoms with E-state index in [0.717, 1.165) is 36.1 Å². The van der Waals surface area contributed by atoms with Crippen LogP contribution in [0, 0.1) is 0 Å². The highest BCUT2D eigenvalue weighted by atomic mass is 35.5. The molecular formula is C19H25ClN6S. The number of tetrazole rings is 1. The zero-order chi connectivity index (χ0) is 18.2. The molecule has 0 bridgehead atoms. The number of aromatic nitrogens is 4. The number of hydrogen-bond donors (Lipinski definition) is 1. The van der Waals surface area contributed by atoms with Crippen molar-refractivity contribution in [2.24, 2.45) is 0 Å². The standard InChI is InChI=1S/C19H24N6S.ClH/c1-24(2)17-11-9-16(10-12-17)15-20-13-6-14-26-19-21-22-23-25(19)18-7-4-3-5-8-18;/h3-5,7-12,20H,6,13-15H2,1-2H3;1H. The molecular weight excluding hydrogens is 380 g/mol. The summed E-state index contributed by atoms with van der Waals surface area (Å²) < 4.78 is 1.78. The quantitative estimate of drug-likeness (QED) is 0.435. The van der Waals surface area contributed by atoms with E-state index in [1.54, 1.807) is 16.4 Å². The second-order valence-electron chi connectivity index (χ2n) is 6.15. The molecule has 144 valence electrons. The first kappa shape index (κ1) is 21.2. The summed E-state index contributed by atoms with van der Waals surface area (Å²) in [6.45, 7) is 1.86. The lowest BCUT2D eigenvalue weighted by Crippen LogP contribution is -2.15. The van der Waals surface area contributed by atoms with Crippen LogP contribution in [0.4, 0.5) is 5.69 Å². The Bertz CT molecular complexity index is 791. The number of anilines is 1. The van der Waals surface area contributed by atoms with Gasteiger partial charge in [0.1, 0.15) is 0 Å². The summed E-state index contributed by atoms with van der Waals surface area (Å²) in [7, 11) is 4.11. The molecule has 8 heteroatoms. The molecule has 0 amide bonds. The normalized spacial score (nSPS) is 10.4. The van der Waals surface area contributed by atoms with E-state index in [0.29, 0.717) is 0 Å². The molecule has 27 heavy (non-hydrogen) atoms. The van der Waals surface area contributed by atoms with Crippen molar-refractivity contribution < 1.29 is 0 Å². The Labute approximate surface area is 170 Å². The number of rotatable bonds is 9. The molecule has 1 heterocycles. The van der Waals surface area contributed by atoms with Crippen LogP contribution < -0.4 is 10.2 Å². The molecule has 0 aliphatic heterocycles. The fourth-order valence-corrected chi connectivity index (χ4v) is 3.34. The minimum absolute atomic E-state index is 0. The van der Waals surface area contributed by atoms with Crippen LogP contribution in [0.5, 0.6) is 0 Å². The second-order valence-corrected chi connectivity index (χ2v) is 7.21. The van der Waals surface area contributed by atoms with Gasteiger partial charge in [0, 0.05) is 32.1 Å². The number of nitrogens with zero attached hydrogens (tertiary/aromatic N) is 5. The Morgan fingerprint density at radius 2 is 1.78 bits per heavy atom. The van der Waals surface area contributed by atoms with Crippen LogP contribution in [0.25, 0.3) is 5.69 Å². The van der Waals surface area contributed by atoms with Gasteiger partial charge in [0.2, 0.25) is 5.16 Å². The highest BCUT2D eigenvalue weighted by molar-refractivity contribution is 7.99. The zero-order valence-electron chi connectivity index (χ0n) is 15.6. The van der Waals surface area contributed by atoms with Gasteiger partial charge in [-0.2, -0.15) is 4.68 Å². The monoisotopic (exact) mass is 404 g/mol. The van der Waals surface area contributed by atoms with Crippen molar-refractivity contribution in [1.29, 1.82) is 0 Å². The number of halogens is 1. The largest absolute Gasteiger partial charge is 0.378 e. The molecule has 0 atom stereocenters. The smallest absolute Gasteiger partial charge is 0.214 e. The van der Waals surface area contributed by atoms with Crippen LogP contribution in [-0.4, -0.2) is 46.6 Å². The van der Waals surface area contributed by atoms with Crippen LogP contribution in [0.15, 0.2) is 59.8 Å². The number of benzene rings is 2. The molecule has 2 aromatic carbocycles. The summed E-state index contributed by atoms with van der Waals surface area (Å²) in [5.74, 6) is 0.972. The van der Waals surface area contributed by atoms with Crippen molar-refractivity contribution in [2.45, 2.75) is 18.1 Å². The molecule has 1 aromatic heterocycles. The molecule has 0 unspecified atom stereocenters. The number of thioether (sulfide) groups is 1.